The van der Waals surface area contributed by atoms with Crippen molar-refractivity contribution in [3.05, 3.63) is 167 Å². The Morgan fingerprint density at radius 3 is 1.88 bits per heavy atom. The summed E-state index contributed by atoms with van der Waals surface area (Å²) in [6.45, 7) is 0. The second kappa shape index (κ2) is 13.5. The van der Waals surface area contributed by atoms with Crippen molar-refractivity contribution in [2.24, 2.45) is 20.5 Å². The molecule has 0 unspecified atom stereocenters. The molecule has 12 aromatic rings. The van der Waals surface area contributed by atoms with Crippen molar-refractivity contribution in [3.8, 4) is 45.7 Å². The van der Waals surface area contributed by atoms with Crippen molar-refractivity contribution < 1.29 is 19.4 Å². The number of benzene rings is 8. The van der Waals surface area contributed by atoms with Crippen molar-refractivity contribution in [1.82, 2.24) is 24.6 Å². The van der Waals surface area contributed by atoms with Crippen molar-refractivity contribution in [1.29, 1.82) is 0 Å². The predicted octanol–water partition coefficient (Wildman–Crippen LogP) is 12.4. The predicted molar refractivity (Wildman–Crippen MR) is 247 cm³/mol. The van der Waals surface area contributed by atoms with E-state index in [0.29, 0.717) is 89.0 Å². The lowest BCUT2D eigenvalue weighted by atomic mass is 9.85. The Morgan fingerprint density at radius 2 is 1.15 bits per heavy atom. The lowest BCUT2D eigenvalue weighted by molar-refractivity contribution is 0.104. The standard InChI is InChI=1S/C51H27N9O5/c61-39-23-34-41-30(8-5-10-32(41)46-43(47(34)63)29-7-1-2-12-36(29)52-46)44(39)56-54-27-19-15-25(16-20-27)49-58-59-50(65-49)26-17-21-28(22-18-26)55-57-45-31-9-6-11-33-42(31)35(24-40(45)62)51(64)60-38-14-4-3-13-37(38)53-48(33)60/h1-24,52,61-62H. The van der Waals surface area contributed by atoms with Gasteiger partial charge in [0, 0.05) is 60.1 Å². The molecule has 306 valence electrons. The molecule has 0 aliphatic heterocycles. The summed E-state index contributed by atoms with van der Waals surface area (Å²) in [5.41, 5.74) is 7.96. The number of aromatic nitrogens is 5. The number of rotatable bonds is 6. The van der Waals surface area contributed by atoms with Gasteiger partial charge < -0.3 is 19.6 Å². The molecule has 0 bridgehead atoms. The molecule has 0 spiro atoms. The molecule has 14 heteroatoms. The van der Waals surface area contributed by atoms with Crippen LogP contribution in [-0.4, -0.2) is 40.6 Å². The molecule has 3 N–H and O–H groups in total. The number of phenolic OH excluding ortho intramolecular Hbond substituents is 2. The number of imidazole rings is 1. The minimum absolute atomic E-state index is 0.148. The summed E-state index contributed by atoms with van der Waals surface area (Å²) < 4.78 is 7.63. The van der Waals surface area contributed by atoms with E-state index in [4.69, 9.17) is 9.40 Å². The SMILES string of the molecule is O=C1c2c([nH]c3ccccc23)-c2cccc3c(N=Nc4ccc(-c5nnc(-c6ccc(N=Nc7c(O)cc8c(=O)n9c%10ccccc%10nc9c9cccc7c89)cc6)o5)cc4)c(O)cc1c23. The summed E-state index contributed by atoms with van der Waals surface area (Å²) >= 11 is 0. The Labute approximate surface area is 364 Å². The minimum Gasteiger partial charge on any atom is -0.506 e. The fourth-order valence-electron chi connectivity index (χ4n) is 9.12. The van der Waals surface area contributed by atoms with Gasteiger partial charge in [0.15, 0.2) is 5.78 Å². The van der Waals surface area contributed by atoms with Crippen molar-refractivity contribution >= 4 is 88.4 Å². The van der Waals surface area contributed by atoms with Gasteiger partial charge >= 0.3 is 0 Å². The van der Waals surface area contributed by atoms with Crippen molar-refractivity contribution in [3.63, 3.8) is 0 Å². The van der Waals surface area contributed by atoms with Crippen LogP contribution in [0.15, 0.2) is 175 Å². The highest BCUT2D eigenvalue weighted by molar-refractivity contribution is 6.31. The van der Waals surface area contributed by atoms with Crippen LogP contribution in [0.3, 0.4) is 0 Å². The largest absolute Gasteiger partial charge is 0.506 e. The van der Waals surface area contributed by atoms with Gasteiger partial charge in [0.2, 0.25) is 11.8 Å². The average molecular weight is 846 g/mol. The van der Waals surface area contributed by atoms with E-state index in [1.807, 2.05) is 84.9 Å². The van der Waals surface area contributed by atoms with Crippen LogP contribution in [0.25, 0.3) is 94.1 Å². The Hall–Kier alpha value is -9.43. The molecule has 0 amide bonds. The zero-order valence-electron chi connectivity index (χ0n) is 33.6. The molecule has 0 atom stereocenters. The van der Waals surface area contributed by atoms with Crippen LogP contribution in [0.4, 0.5) is 22.7 Å². The summed E-state index contributed by atoms with van der Waals surface area (Å²) in [5.74, 6) is 0.107. The third-order valence-corrected chi connectivity index (χ3v) is 12.1. The zero-order valence-corrected chi connectivity index (χ0v) is 33.6. The number of carbonyl (C=O) groups excluding carboxylic acids is 1. The number of aromatic amines is 1. The van der Waals surface area contributed by atoms with Crippen LogP contribution < -0.4 is 5.56 Å². The van der Waals surface area contributed by atoms with Crippen LogP contribution in [0.5, 0.6) is 11.5 Å². The number of hydrogen-bond acceptors (Lipinski definition) is 12. The number of H-pyrrole nitrogens is 1. The lowest BCUT2D eigenvalue weighted by Crippen LogP contribution is -2.13. The Bertz CT molecular complexity index is 4130. The maximum Gasteiger partial charge on any atom is 0.264 e. The first-order valence-electron chi connectivity index (χ1n) is 20.5. The fraction of sp³-hybridized carbons (Fsp3) is 0. The molecule has 1 aliphatic rings. The van der Waals surface area contributed by atoms with Gasteiger partial charge in [0.25, 0.3) is 5.56 Å². The monoisotopic (exact) mass is 845 g/mol. The van der Waals surface area contributed by atoms with Crippen LogP contribution in [0.2, 0.25) is 0 Å². The second-order valence-corrected chi connectivity index (χ2v) is 15.8. The van der Waals surface area contributed by atoms with E-state index in [-0.39, 0.29) is 34.2 Å². The molecular formula is C51H27N9O5. The number of ketones is 1. The van der Waals surface area contributed by atoms with E-state index in [1.54, 1.807) is 52.9 Å². The fourth-order valence-corrected chi connectivity index (χ4v) is 9.12. The van der Waals surface area contributed by atoms with Gasteiger partial charge in [-0.1, -0.05) is 66.7 Å². The first-order valence-corrected chi connectivity index (χ1v) is 20.5. The second-order valence-electron chi connectivity index (χ2n) is 15.8. The maximum atomic E-state index is 13.8. The Morgan fingerprint density at radius 1 is 0.554 bits per heavy atom. The molecule has 4 heterocycles. The van der Waals surface area contributed by atoms with E-state index in [0.717, 1.165) is 27.5 Å². The third kappa shape index (κ3) is 5.37. The Kier molecular flexibility index (Phi) is 7.55. The molecule has 1 aliphatic carbocycles. The maximum absolute atomic E-state index is 13.8. The van der Waals surface area contributed by atoms with Gasteiger partial charge in [0.1, 0.15) is 28.5 Å². The van der Waals surface area contributed by atoms with E-state index >= 15 is 0 Å². The van der Waals surface area contributed by atoms with Crippen LogP contribution in [0.1, 0.15) is 15.9 Å². The van der Waals surface area contributed by atoms with Gasteiger partial charge in [-0.25, -0.2) is 4.98 Å². The highest BCUT2D eigenvalue weighted by Crippen LogP contribution is 2.48. The first-order chi connectivity index (χ1) is 31.9. The number of phenols is 2. The lowest BCUT2D eigenvalue weighted by Gasteiger charge is -2.18. The highest BCUT2D eigenvalue weighted by atomic mass is 16.4. The average Bonchev–Trinajstić information content (AvgIpc) is 4.09. The summed E-state index contributed by atoms with van der Waals surface area (Å²) in [5, 5.41) is 53.1. The number of fused-ring (bicyclic) bond motifs is 8. The van der Waals surface area contributed by atoms with E-state index in [9.17, 15) is 19.8 Å². The number of hydrogen-bond donors (Lipinski definition) is 3. The molecular weight excluding hydrogens is 819 g/mol. The molecule has 14 nitrogen and oxygen atoms in total. The minimum atomic E-state index is -0.274. The van der Waals surface area contributed by atoms with E-state index in [2.05, 4.69) is 35.6 Å². The number of carbonyl (C=O) groups is 1. The number of pyridine rings is 1. The smallest absolute Gasteiger partial charge is 0.264 e. The van der Waals surface area contributed by atoms with Crippen LogP contribution in [-0.2, 0) is 0 Å². The van der Waals surface area contributed by atoms with Gasteiger partial charge in [-0.3, -0.25) is 14.0 Å². The topological polar surface area (TPSA) is 196 Å². The summed E-state index contributed by atoms with van der Waals surface area (Å²) in [6, 6.07) is 43.4. The molecule has 0 fully saturated rings. The molecule has 65 heavy (non-hydrogen) atoms. The molecule has 0 saturated heterocycles. The summed E-state index contributed by atoms with van der Waals surface area (Å²) in [4.78, 5) is 35.8. The molecule has 0 saturated carbocycles. The van der Waals surface area contributed by atoms with Crippen LogP contribution >= 0.6 is 0 Å². The zero-order chi connectivity index (χ0) is 43.5. The van der Waals surface area contributed by atoms with E-state index < -0.39 is 0 Å². The number of nitrogens with one attached hydrogen (secondary N) is 1. The van der Waals surface area contributed by atoms with Crippen molar-refractivity contribution in [2.45, 2.75) is 0 Å². The van der Waals surface area contributed by atoms with Gasteiger partial charge in [0.05, 0.1) is 39.1 Å². The highest BCUT2D eigenvalue weighted by Gasteiger charge is 2.31. The summed E-state index contributed by atoms with van der Waals surface area (Å²) in [6.07, 6.45) is 0. The van der Waals surface area contributed by atoms with Crippen LogP contribution in [0, 0.1) is 0 Å². The first kappa shape index (κ1) is 36.2. The molecule has 0 radical (unpaired) electrons. The third-order valence-electron chi connectivity index (χ3n) is 12.1. The number of aromatic hydroxyl groups is 2. The number of azo groups is 2. The Balaban J connectivity index is 0.751. The van der Waals surface area contributed by atoms with Crippen molar-refractivity contribution in [2.75, 3.05) is 0 Å². The van der Waals surface area contributed by atoms with Gasteiger partial charge in [-0.15, -0.1) is 20.4 Å². The molecule has 4 aromatic heterocycles. The molecule has 8 aromatic carbocycles. The molecule has 13 rings (SSSR count). The summed E-state index contributed by atoms with van der Waals surface area (Å²) in [7, 11) is 0. The normalized spacial score (nSPS) is 12.7. The number of nitrogens with zero attached hydrogens (tertiary/aromatic N) is 8. The number of para-hydroxylation sites is 3. The quantitative estimate of drug-likeness (QED) is 0.137. The van der Waals surface area contributed by atoms with Gasteiger partial charge in [-0.05, 0) is 78.9 Å². The van der Waals surface area contributed by atoms with E-state index in [1.165, 1.54) is 12.1 Å². The van der Waals surface area contributed by atoms with Gasteiger partial charge in [-0.2, -0.15) is 10.2 Å².